The number of aromatic nitrogens is 1. The molecule has 1 aromatic heterocycles. The molecule has 1 aromatic rings. The Morgan fingerprint density at radius 2 is 1.68 bits per heavy atom. The van der Waals surface area contributed by atoms with Gasteiger partial charge in [0.2, 0.25) is 0 Å². The average Bonchev–Trinajstić information content (AvgIpc) is 2.46. The van der Waals surface area contributed by atoms with Gasteiger partial charge in [0.15, 0.2) is 0 Å². The maximum absolute atomic E-state index is 4.10. The first-order valence-corrected chi connectivity index (χ1v) is 9.46. The van der Waals surface area contributed by atoms with Gasteiger partial charge in [-0.15, -0.1) is 0 Å². The highest BCUT2D eigenvalue weighted by Crippen LogP contribution is 2.61. The topological polar surface area (TPSA) is 12.9 Å². The van der Waals surface area contributed by atoms with Crippen LogP contribution in [0.3, 0.4) is 0 Å². The summed E-state index contributed by atoms with van der Waals surface area (Å²) in [6, 6.07) is 4.24. The van der Waals surface area contributed by atoms with Gasteiger partial charge in [0.25, 0.3) is 0 Å². The Bertz CT molecular complexity index is 457. The molecule has 1 heteroatoms. The van der Waals surface area contributed by atoms with E-state index in [0.29, 0.717) is 5.92 Å². The van der Waals surface area contributed by atoms with Crippen LogP contribution in [-0.4, -0.2) is 4.98 Å². The molecule has 0 saturated heterocycles. The molecule has 1 unspecified atom stereocenters. The second kappa shape index (κ2) is 5.98. The van der Waals surface area contributed by atoms with Crippen LogP contribution < -0.4 is 0 Å². The van der Waals surface area contributed by atoms with E-state index in [1.165, 1.54) is 24.8 Å². The smallest absolute Gasteiger partial charge is 0.0270 e. The minimum Gasteiger partial charge on any atom is -0.265 e. The predicted molar refractivity (Wildman–Crippen MR) is 91.3 cm³/mol. The van der Waals surface area contributed by atoms with Crippen LogP contribution in [0.2, 0.25) is 0 Å². The molecule has 1 atom stereocenters. The van der Waals surface area contributed by atoms with Crippen LogP contribution in [0.15, 0.2) is 24.5 Å². The summed E-state index contributed by atoms with van der Waals surface area (Å²) in [6.07, 6.45) is 19.9. The highest BCUT2D eigenvalue weighted by molar-refractivity contribution is 5.19. The van der Waals surface area contributed by atoms with Gasteiger partial charge in [-0.2, -0.15) is 0 Å². The molecule has 0 aromatic carbocycles. The Balaban J connectivity index is 1.27. The maximum atomic E-state index is 4.10. The average molecular weight is 296 g/mol. The van der Waals surface area contributed by atoms with Gasteiger partial charge in [-0.05, 0) is 98.1 Å². The fourth-order valence-corrected chi connectivity index (χ4v) is 6.28. The Hall–Kier alpha value is -0.850. The zero-order valence-electron chi connectivity index (χ0n) is 14.0. The van der Waals surface area contributed by atoms with E-state index in [4.69, 9.17) is 0 Å². The molecule has 1 heterocycles. The third-order valence-electron chi connectivity index (χ3n) is 6.71. The predicted octanol–water partition coefficient (Wildman–Crippen LogP) is 5.66. The molecule has 1 radical (unpaired) electrons. The lowest BCUT2D eigenvalue weighted by Crippen LogP contribution is -2.45. The monoisotopic (exact) mass is 296 g/mol. The SMILES string of the molecule is CC([CH]c1ccncc1)CCCC12CC3CC(CC(C3)C1)C2. The van der Waals surface area contributed by atoms with E-state index in [-0.39, 0.29) is 0 Å². The summed E-state index contributed by atoms with van der Waals surface area (Å²) in [6.45, 7) is 2.38. The molecular weight excluding hydrogens is 266 g/mol. The van der Waals surface area contributed by atoms with Crippen molar-refractivity contribution in [1.82, 2.24) is 4.98 Å². The van der Waals surface area contributed by atoms with Gasteiger partial charge in [0.1, 0.15) is 0 Å². The molecule has 1 nitrogen and oxygen atoms in total. The van der Waals surface area contributed by atoms with Crippen molar-refractivity contribution < 1.29 is 0 Å². The van der Waals surface area contributed by atoms with Crippen molar-refractivity contribution in [2.75, 3.05) is 0 Å². The van der Waals surface area contributed by atoms with E-state index in [9.17, 15) is 0 Å². The van der Waals surface area contributed by atoms with Crippen molar-refractivity contribution in [3.63, 3.8) is 0 Å². The maximum Gasteiger partial charge on any atom is 0.0270 e. The molecule has 0 amide bonds. The van der Waals surface area contributed by atoms with Crippen LogP contribution >= 0.6 is 0 Å². The van der Waals surface area contributed by atoms with Gasteiger partial charge in [0, 0.05) is 12.4 Å². The zero-order chi connectivity index (χ0) is 15.0. The van der Waals surface area contributed by atoms with Gasteiger partial charge in [-0.25, -0.2) is 0 Å². The standard InChI is InChI=1S/C21H30N/c1-16(9-17-4-7-22-8-5-17)3-2-6-21-13-18-10-19(14-21)12-20(11-18)15-21/h4-5,7-9,16,18-20H,2-3,6,10-15H2,1H3. The lowest BCUT2D eigenvalue weighted by Gasteiger charge is -2.57. The van der Waals surface area contributed by atoms with E-state index >= 15 is 0 Å². The number of rotatable bonds is 6. The van der Waals surface area contributed by atoms with Crippen LogP contribution in [0, 0.1) is 35.5 Å². The second-order valence-electron chi connectivity index (χ2n) is 8.73. The summed E-state index contributed by atoms with van der Waals surface area (Å²) < 4.78 is 0. The summed E-state index contributed by atoms with van der Waals surface area (Å²) in [4.78, 5) is 4.10. The summed E-state index contributed by atoms with van der Waals surface area (Å²) in [7, 11) is 0. The first-order valence-electron chi connectivity index (χ1n) is 9.46. The molecule has 5 rings (SSSR count). The normalized spacial score (nSPS) is 37.4. The lowest BCUT2D eigenvalue weighted by atomic mass is 9.48. The summed E-state index contributed by atoms with van der Waals surface area (Å²) in [5.74, 6) is 4.00. The quantitative estimate of drug-likeness (QED) is 0.660. The highest BCUT2D eigenvalue weighted by atomic mass is 14.6. The van der Waals surface area contributed by atoms with E-state index < -0.39 is 0 Å². The molecule has 4 aliphatic rings. The first kappa shape index (κ1) is 14.7. The van der Waals surface area contributed by atoms with Crippen molar-refractivity contribution in [2.24, 2.45) is 29.1 Å². The Morgan fingerprint density at radius 1 is 1.09 bits per heavy atom. The largest absolute Gasteiger partial charge is 0.265 e. The Morgan fingerprint density at radius 3 is 2.27 bits per heavy atom. The van der Waals surface area contributed by atoms with E-state index in [1.807, 2.05) is 12.4 Å². The van der Waals surface area contributed by atoms with Gasteiger partial charge < -0.3 is 0 Å². The van der Waals surface area contributed by atoms with Crippen LogP contribution in [0.5, 0.6) is 0 Å². The molecule has 0 spiro atoms. The van der Waals surface area contributed by atoms with Gasteiger partial charge in [0.05, 0.1) is 0 Å². The number of pyridine rings is 1. The molecule has 4 saturated carbocycles. The number of hydrogen-bond donors (Lipinski definition) is 0. The van der Waals surface area contributed by atoms with Gasteiger partial charge in [-0.3, -0.25) is 4.98 Å². The lowest BCUT2D eigenvalue weighted by molar-refractivity contribution is -0.0585. The summed E-state index contributed by atoms with van der Waals surface area (Å²) >= 11 is 0. The second-order valence-corrected chi connectivity index (χ2v) is 8.73. The molecule has 0 N–H and O–H groups in total. The van der Waals surface area contributed by atoms with Crippen molar-refractivity contribution in [2.45, 2.75) is 64.7 Å². The van der Waals surface area contributed by atoms with Crippen LogP contribution in [0.25, 0.3) is 0 Å². The van der Waals surface area contributed by atoms with Crippen LogP contribution in [0.1, 0.15) is 70.3 Å². The van der Waals surface area contributed by atoms with Crippen LogP contribution in [0.4, 0.5) is 0 Å². The minimum absolute atomic E-state index is 0.691. The molecule has 22 heavy (non-hydrogen) atoms. The van der Waals surface area contributed by atoms with Crippen molar-refractivity contribution in [3.05, 3.63) is 36.5 Å². The highest BCUT2D eigenvalue weighted by Gasteiger charge is 2.50. The number of nitrogens with zero attached hydrogens (tertiary/aromatic N) is 1. The minimum atomic E-state index is 0.691. The summed E-state index contributed by atoms with van der Waals surface area (Å²) in [5.41, 5.74) is 2.10. The molecule has 4 fully saturated rings. The Labute approximate surface area is 135 Å². The molecule has 4 bridgehead atoms. The molecule has 4 aliphatic carbocycles. The molecular formula is C21H30N. The van der Waals surface area contributed by atoms with Gasteiger partial charge >= 0.3 is 0 Å². The third-order valence-corrected chi connectivity index (χ3v) is 6.71. The van der Waals surface area contributed by atoms with Crippen LogP contribution in [-0.2, 0) is 0 Å². The first-order chi connectivity index (χ1) is 10.7. The fourth-order valence-electron chi connectivity index (χ4n) is 6.28. The van der Waals surface area contributed by atoms with Gasteiger partial charge in [-0.1, -0.05) is 19.8 Å². The van der Waals surface area contributed by atoms with E-state index in [0.717, 1.165) is 23.2 Å². The van der Waals surface area contributed by atoms with Crippen molar-refractivity contribution in [3.8, 4) is 0 Å². The third kappa shape index (κ3) is 3.09. The van der Waals surface area contributed by atoms with Crippen molar-refractivity contribution >= 4 is 0 Å². The zero-order valence-corrected chi connectivity index (χ0v) is 14.0. The molecule has 0 aliphatic heterocycles. The van der Waals surface area contributed by atoms with Crippen molar-refractivity contribution in [1.29, 1.82) is 0 Å². The van der Waals surface area contributed by atoms with E-state index in [1.54, 1.807) is 38.5 Å². The Kier molecular flexibility index (Phi) is 4.00. The number of hydrogen-bond acceptors (Lipinski definition) is 1. The van der Waals surface area contributed by atoms with E-state index in [2.05, 4.69) is 30.5 Å². The summed E-state index contributed by atoms with van der Waals surface area (Å²) in [5, 5.41) is 0. The fraction of sp³-hybridized carbons (Fsp3) is 0.714. The molecule has 119 valence electrons.